The van der Waals surface area contributed by atoms with Crippen molar-refractivity contribution in [3.63, 3.8) is 0 Å². The van der Waals surface area contributed by atoms with Crippen LogP contribution in [0.4, 0.5) is 5.13 Å². The molecule has 86 valence electrons. The Balaban J connectivity index is 2.60. The average molecular weight is 272 g/mol. The average Bonchev–Trinajstić information content (AvgIpc) is 2.56. The summed E-state index contributed by atoms with van der Waals surface area (Å²) in [7, 11) is 1.36. The van der Waals surface area contributed by atoms with Gasteiger partial charge in [0.2, 0.25) is 0 Å². The van der Waals surface area contributed by atoms with Crippen LogP contribution in [-0.2, 0) is 0 Å². The van der Waals surface area contributed by atoms with Gasteiger partial charge in [0, 0.05) is 4.90 Å². The van der Waals surface area contributed by atoms with E-state index in [1.54, 1.807) is 0 Å². The molecule has 1 aromatic carbocycles. The highest BCUT2D eigenvalue weighted by Gasteiger charge is 2.12. The number of rotatable bonds is 3. The Morgan fingerprint density at radius 1 is 1.44 bits per heavy atom. The molecule has 0 fully saturated rings. The summed E-state index contributed by atoms with van der Waals surface area (Å²) in [5.41, 5.74) is 7.83. The predicted molar refractivity (Wildman–Crippen MR) is 74.2 cm³/mol. The Kier molecular flexibility index (Phi) is 3.63. The first-order valence-corrected chi connectivity index (χ1v) is 7.72. The van der Waals surface area contributed by atoms with Crippen molar-refractivity contribution in [2.75, 3.05) is 5.73 Å². The Bertz CT molecular complexity index is 510. The fourth-order valence-corrected chi connectivity index (χ4v) is 3.69. The van der Waals surface area contributed by atoms with E-state index >= 15 is 0 Å². The first-order chi connectivity index (χ1) is 7.61. The molecule has 0 bridgehead atoms. The van der Waals surface area contributed by atoms with Gasteiger partial charge in [-0.25, -0.2) is 4.98 Å². The molecule has 1 aromatic heterocycles. The van der Waals surface area contributed by atoms with E-state index in [4.69, 9.17) is 10.3 Å². The second kappa shape index (κ2) is 4.83. The second-order valence-electron chi connectivity index (χ2n) is 3.72. The highest BCUT2D eigenvalue weighted by molar-refractivity contribution is 8.74. The summed E-state index contributed by atoms with van der Waals surface area (Å²) in [4.78, 5) is 5.36. The van der Waals surface area contributed by atoms with Gasteiger partial charge in [0.25, 0.3) is 0 Å². The van der Waals surface area contributed by atoms with E-state index in [0.717, 1.165) is 26.2 Å². The lowest BCUT2D eigenvalue weighted by Gasteiger charge is -2.10. The molecule has 2 rings (SSSR count). The fourth-order valence-electron chi connectivity index (χ4n) is 1.55. The van der Waals surface area contributed by atoms with Crippen LogP contribution in [-0.4, -0.2) is 9.54 Å². The van der Waals surface area contributed by atoms with Gasteiger partial charge < -0.3 is 10.3 Å². The summed E-state index contributed by atoms with van der Waals surface area (Å²) in [6.45, 7) is 4.26. The largest absolute Gasteiger partial charge is 0.375 e. The first kappa shape index (κ1) is 12.0. The highest BCUT2D eigenvalue weighted by Crippen LogP contribution is 2.38. The van der Waals surface area contributed by atoms with Gasteiger partial charge in [-0.2, -0.15) is 0 Å². The molecule has 1 heterocycles. The standard InChI is InChI=1S/C10H12N2OS3/c1-5(2)6-3-7-9(14-10(11)12-7)4-8(6)15-16-13/h3-5,13H,1-2H3,(H2,11,12). The second-order valence-corrected chi connectivity index (χ2v) is 6.49. The van der Waals surface area contributed by atoms with Crippen LogP contribution in [0.1, 0.15) is 25.3 Å². The van der Waals surface area contributed by atoms with Crippen LogP contribution in [0.3, 0.4) is 0 Å². The summed E-state index contributed by atoms with van der Waals surface area (Å²) in [5, 5.41) is 0.587. The minimum Gasteiger partial charge on any atom is -0.375 e. The topological polar surface area (TPSA) is 59.1 Å². The number of thiazole rings is 1. The third kappa shape index (κ3) is 2.29. The monoisotopic (exact) mass is 272 g/mol. The van der Waals surface area contributed by atoms with Crippen molar-refractivity contribution < 1.29 is 4.55 Å². The van der Waals surface area contributed by atoms with Crippen molar-refractivity contribution in [2.45, 2.75) is 24.7 Å². The van der Waals surface area contributed by atoms with Crippen LogP contribution in [0, 0.1) is 0 Å². The van der Waals surface area contributed by atoms with Crippen molar-refractivity contribution in [1.29, 1.82) is 0 Å². The van der Waals surface area contributed by atoms with Gasteiger partial charge in [-0.1, -0.05) is 25.2 Å². The molecule has 16 heavy (non-hydrogen) atoms. The number of aromatic nitrogens is 1. The zero-order valence-electron chi connectivity index (χ0n) is 8.93. The molecule has 3 nitrogen and oxygen atoms in total. The number of benzene rings is 1. The summed E-state index contributed by atoms with van der Waals surface area (Å²) in [6.07, 6.45) is 0. The molecule has 0 atom stereocenters. The van der Waals surface area contributed by atoms with Gasteiger partial charge in [-0.3, -0.25) is 0 Å². The van der Waals surface area contributed by atoms with E-state index in [2.05, 4.69) is 24.9 Å². The van der Waals surface area contributed by atoms with E-state index in [9.17, 15) is 0 Å². The van der Waals surface area contributed by atoms with Crippen LogP contribution in [0.15, 0.2) is 17.0 Å². The Morgan fingerprint density at radius 3 is 2.81 bits per heavy atom. The van der Waals surface area contributed by atoms with Crippen molar-refractivity contribution >= 4 is 48.6 Å². The molecule has 0 unspecified atom stereocenters. The van der Waals surface area contributed by atoms with E-state index < -0.39 is 0 Å². The van der Waals surface area contributed by atoms with Crippen LogP contribution < -0.4 is 5.73 Å². The Labute approximate surface area is 106 Å². The van der Waals surface area contributed by atoms with E-state index in [-0.39, 0.29) is 0 Å². The molecule has 0 saturated carbocycles. The molecule has 0 aliphatic carbocycles. The quantitative estimate of drug-likeness (QED) is 0.647. The molecule has 0 spiro atoms. The number of fused-ring (bicyclic) bond motifs is 1. The van der Waals surface area contributed by atoms with Gasteiger partial charge in [0.1, 0.15) is 0 Å². The van der Waals surface area contributed by atoms with Gasteiger partial charge in [0.15, 0.2) is 5.13 Å². The summed E-state index contributed by atoms with van der Waals surface area (Å²) < 4.78 is 10.0. The zero-order chi connectivity index (χ0) is 11.7. The lowest BCUT2D eigenvalue weighted by Crippen LogP contribution is -1.90. The van der Waals surface area contributed by atoms with Crippen LogP contribution in [0.5, 0.6) is 0 Å². The lowest BCUT2D eigenvalue weighted by molar-refractivity contribution is 0.676. The summed E-state index contributed by atoms with van der Waals surface area (Å²) in [5.74, 6) is 0.405. The van der Waals surface area contributed by atoms with Gasteiger partial charge in [-0.15, -0.1) is 0 Å². The van der Waals surface area contributed by atoms with E-state index in [1.165, 1.54) is 27.7 Å². The van der Waals surface area contributed by atoms with E-state index in [1.807, 2.05) is 6.07 Å². The van der Waals surface area contributed by atoms with Crippen molar-refractivity contribution in [3.05, 3.63) is 17.7 Å². The molecule has 0 saturated heterocycles. The Morgan fingerprint density at radius 2 is 2.19 bits per heavy atom. The number of hydrogen-bond acceptors (Lipinski definition) is 6. The van der Waals surface area contributed by atoms with Crippen molar-refractivity contribution in [1.82, 2.24) is 4.98 Å². The lowest BCUT2D eigenvalue weighted by atomic mass is 10.0. The number of anilines is 1. The number of nitrogen functional groups attached to an aromatic ring is 1. The number of nitrogens with zero attached hydrogens (tertiary/aromatic N) is 1. The minimum atomic E-state index is 0.405. The van der Waals surface area contributed by atoms with Crippen molar-refractivity contribution in [2.24, 2.45) is 0 Å². The van der Waals surface area contributed by atoms with Crippen molar-refractivity contribution in [3.8, 4) is 0 Å². The smallest absolute Gasteiger partial charge is 0.181 e. The van der Waals surface area contributed by atoms with Gasteiger partial charge >= 0.3 is 0 Å². The summed E-state index contributed by atoms with van der Waals surface area (Å²) in [6, 6.07) is 4.11. The maximum Gasteiger partial charge on any atom is 0.181 e. The maximum atomic E-state index is 8.95. The maximum absolute atomic E-state index is 8.95. The summed E-state index contributed by atoms with van der Waals surface area (Å²) >= 11 is 2.25. The molecule has 0 aliphatic heterocycles. The molecule has 3 N–H and O–H groups in total. The minimum absolute atomic E-state index is 0.405. The molecule has 6 heteroatoms. The molecular weight excluding hydrogens is 260 g/mol. The molecule has 0 aliphatic rings. The number of hydrogen-bond donors (Lipinski definition) is 2. The third-order valence-electron chi connectivity index (χ3n) is 2.29. The molecule has 0 amide bonds. The third-order valence-corrected chi connectivity index (χ3v) is 4.50. The highest BCUT2D eigenvalue weighted by atomic mass is 33.1. The normalized spacial score (nSPS) is 11.5. The molecule has 0 radical (unpaired) electrons. The predicted octanol–water partition coefficient (Wildman–Crippen LogP) is 4.22. The Hall–Kier alpha value is -0.430. The van der Waals surface area contributed by atoms with Crippen LogP contribution in [0.25, 0.3) is 10.2 Å². The first-order valence-electron chi connectivity index (χ1n) is 4.80. The SMILES string of the molecule is CC(C)c1cc2nc(N)sc2cc1SSO. The molecular formula is C10H12N2OS3. The van der Waals surface area contributed by atoms with Crippen LogP contribution in [0.2, 0.25) is 0 Å². The number of nitrogens with two attached hydrogens (primary N) is 1. The van der Waals surface area contributed by atoms with Crippen LogP contribution >= 0.6 is 33.2 Å². The van der Waals surface area contributed by atoms with Gasteiger partial charge in [0.05, 0.1) is 21.3 Å². The molecule has 2 aromatic rings. The van der Waals surface area contributed by atoms with Gasteiger partial charge in [-0.05, 0) is 34.4 Å². The van der Waals surface area contributed by atoms with E-state index in [0.29, 0.717) is 11.0 Å². The fraction of sp³-hybridized carbons (Fsp3) is 0.300. The zero-order valence-corrected chi connectivity index (χ0v) is 11.4.